The summed E-state index contributed by atoms with van der Waals surface area (Å²) in [6, 6.07) is -0.512. The number of nitrogens with one attached hydrogen (secondary N) is 1. The molecule has 2 atom stereocenters. The Morgan fingerprint density at radius 1 is 1.16 bits per heavy atom. The highest BCUT2D eigenvalue weighted by atomic mass is 16.4. The van der Waals surface area contributed by atoms with Crippen molar-refractivity contribution in [3.05, 3.63) is 0 Å². The van der Waals surface area contributed by atoms with Crippen LogP contribution in [0.2, 0.25) is 0 Å². The van der Waals surface area contributed by atoms with Gasteiger partial charge in [-0.1, -0.05) is 26.7 Å². The molecule has 0 aromatic carbocycles. The Morgan fingerprint density at radius 2 is 1.74 bits per heavy atom. The van der Waals surface area contributed by atoms with E-state index in [1.54, 1.807) is 14.0 Å². The maximum atomic E-state index is 11.7. The third kappa shape index (κ3) is 8.59. The standard InChI is InChI=1S/C14H28N2O3/c1-10(2)7-6-8-11(3)15-13(17)9-16(5)12(4)14(18)19/h10-12H,6-9H2,1-5H3,(H,15,17)(H,18,19). The van der Waals surface area contributed by atoms with Gasteiger partial charge in [0.25, 0.3) is 0 Å². The molecule has 0 aliphatic carbocycles. The minimum Gasteiger partial charge on any atom is -0.480 e. The molecule has 0 fully saturated rings. The maximum Gasteiger partial charge on any atom is 0.320 e. The lowest BCUT2D eigenvalue weighted by atomic mass is 10.0. The molecule has 0 aliphatic heterocycles. The van der Waals surface area contributed by atoms with Crippen molar-refractivity contribution in [2.75, 3.05) is 13.6 Å². The first kappa shape index (κ1) is 17.9. The van der Waals surface area contributed by atoms with Crippen LogP contribution in [0.5, 0.6) is 0 Å². The summed E-state index contributed by atoms with van der Waals surface area (Å²) in [5.74, 6) is -0.349. The largest absolute Gasteiger partial charge is 0.480 e. The summed E-state index contributed by atoms with van der Waals surface area (Å²) in [7, 11) is 1.64. The van der Waals surface area contributed by atoms with E-state index < -0.39 is 12.0 Å². The van der Waals surface area contributed by atoms with E-state index in [-0.39, 0.29) is 18.5 Å². The zero-order valence-corrected chi connectivity index (χ0v) is 12.8. The highest BCUT2D eigenvalue weighted by Crippen LogP contribution is 2.08. The van der Waals surface area contributed by atoms with Gasteiger partial charge in [0.05, 0.1) is 6.54 Å². The van der Waals surface area contributed by atoms with Gasteiger partial charge in [-0.25, -0.2) is 0 Å². The van der Waals surface area contributed by atoms with E-state index in [1.807, 2.05) is 6.92 Å². The number of carbonyl (C=O) groups is 2. The lowest BCUT2D eigenvalue weighted by molar-refractivity contribution is -0.142. The third-order valence-electron chi connectivity index (χ3n) is 3.24. The molecule has 0 heterocycles. The van der Waals surface area contributed by atoms with E-state index in [0.29, 0.717) is 5.92 Å². The molecule has 0 aliphatic rings. The van der Waals surface area contributed by atoms with Crippen molar-refractivity contribution >= 4 is 11.9 Å². The van der Waals surface area contributed by atoms with Crippen LogP contribution in [0.15, 0.2) is 0 Å². The highest BCUT2D eigenvalue weighted by molar-refractivity contribution is 5.79. The number of carboxylic acids is 1. The molecular formula is C14H28N2O3. The first-order chi connectivity index (χ1) is 8.73. The second kappa shape index (κ2) is 8.91. The second-order valence-electron chi connectivity index (χ2n) is 5.72. The molecule has 2 unspecified atom stereocenters. The molecule has 5 nitrogen and oxygen atoms in total. The molecule has 0 saturated heterocycles. The first-order valence-corrected chi connectivity index (χ1v) is 6.96. The van der Waals surface area contributed by atoms with Crippen molar-refractivity contribution in [3.8, 4) is 0 Å². The number of hydrogen-bond acceptors (Lipinski definition) is 3. The molecule has 2 N–H and O–H groups in total. The lowest BCUT2D eigenvalue weighted by Gasteiger charge is -2.22. The van der Waals surface area contributed by atoms with Gasteiger partial charge < -0.3 is 10.4 Å². The van der Waals surface area contributed by atoms with Gasteiger partial charge in [-0.2, -0.15) is 0 Å². The van der Waals surface area contributed by atoms with Gasteiger partial charge in [0, 0.05) is 6.04 Å². The quantitative estimate of drug-likeness (QED) is 0.670. The molecule has 0 rings (SSSR count). The predicted molar refractivity (Wildman–Crippen MR) is 76.0 cm³/mol. The van der Waals surface area contributed by atoms with Crippen LogP contribution in [0, 0.1) is 5.92 Å². The van der Waals surface area contributed by atoms with Crippen LogP contribution in [0.4, 0.5) is 0 Å². The van der Waals surface area contributed by atoms with Gasteiger partial charge in [0.1, 0.15) is 6.04 Å². The van der Waals surface area contributed by atoms with Crippen LogP contribution in [-0.2, 0) is 9.59 Å². The number of carbonyl (C=O) groups excluding carboxylic acids is 1. The van der Waals surface area contributed by atoms with Gasteiger partial charge in [0.2, 0.25) is 5.91 Å². The molecule has 0 aromatic rings. The number of likely N-dealkylation sites (N-methyl/N-ethyl adjacent to an activating group) is 1. The summed E-state index contributed by atoms with van der Waals surface area (Å²) in [6.45, 7) is 8.04. The Kier molecular flexibility index (Phi) is 8.39. The summed E-state index contributed by atoms with van der Waals surface area (Å²) in [6.07, 6.45) is 3.22. The minimum absolute atomic E-state index is 0.113. The Bertz CT molecular complexity index is 292. The number of hydrogen-bond donors (Lipinski definition) is 2. The molecule has 1 amide bonds. The second-order valence-corrected chi connectivity index (χ2v) is 5.72. The summed E-state index contributed by atoms with van der Waals surface area (Å²) < 4.78 is 0. The van der Waals surface area contributed by atoms with Crippen LogP contribution in [-0.4, -0.2) is 47.6 Å². The van der Waals surface area contributed by atoms with E-state index in [1.165, 1.54) is 4.90 Å². The number of rotatable bonds is 9. The van der Waals surface area contributed by atoms with Crippen molar-refractivity contribution in [2.45, 2.75) is 59.0 Å². The van der Waals surface area contributed by atoms with Crippen LogP contribution in [0.1, 0.15) is 47.0 Å². The number of aliphatic carboxylic acids is 1. The molecule has 19 heavy (non-hydrogen) atoms. The monoisotopic (exact) mass is 272 g/mol. The fourth-order valence-electron chi connectivity index (χ4n) is 1.78. The van der Waals surface area contributed by atoms with Crippen molar-refractivity contribution in [2.24, 2.45) is 5.92 Å². The van der Waals surface area contributed by atoms with Crippen LogP contribution in [0.3, 0.4) is 0 Å². The Hall–Kier alpha value is -1.10. The fraction of sp³-hybridized carbons (Fsp3) is 0.857. The Morgan fingerprint density at radius 3 is 2.21 bits per heavy atom. The van der Waals surface area contributed by atoms with E-state index in [2.05, 4.69) is 19.2 Å². The number of amides is 1. The third-order valence-corrected chi connectivity index (χ3v) is 3.24. The summed E-state index contributed by atoms with van der Waals surface area (Å²) in [5.41, 5.74) is 0. The molecule has 5 heteroatoms. The van der Waals surface area contributed by atoms with Crippen molar-refractivity contribution in [1.29, 1.82) is 0 Å². The van der Waals surface area contributed by atoms with E-state index in [9.17, 15) is 9.59 Å². The topological polar surface area (TPSA) is 69.6 Å². The molecule has 112 valence electrons. The van der Waals surface area contributed by atoms with Crippen molar-refractivity contribution < 1.29 is 14.7 Å². The van der Waals surface area contributed by atoms with Gasteiger partial charge in [0.15, 0.2) is 0 Å². The zero-order chi connectivity index (χ0) is 15.0. The van der Waals surface area contributed by atoms with Gasteiger partial charge in [-0.3, -0.25) is 14.5 Å². The smallest absolute Gasteiger partial charge is 0.320 e. The fourth-order valence-corrected chi connectivity index (χ4v) is 1.78. The SMILES string of the molecule is CC(C)CCCC(C)NC(=O)CN(C)C(C)C(=O)O. The summed E-state index contributed by atoms with van der Waals surface area (Å²) >= 11 is 0. The Labute approximate surface area is 116 Å². The summed E-state index contributed by atoms with van der Waals surface area (Å²) in [5, 5.41) is 11.7. The van der Waals surface area contributed by atoms with Gasteiger partial charge in [-0.15, -0.1) is 0 Å². The average molecular weight is 272 g/mol. The van der Waals surface area contributed by atoms with Gasteiger partial charge >= 0.3 is 5.97 Å². The zero-order valence-electron chi connectivity index (χ0n) is 12.8. The van der Waals surface area contributed by atoms with Crippen molar-refractivity contribution in [3.63, 3.8) is 0 Å². The number of carboxylic acid groups (broad SMARTS) is 1. The lowest BCUT2D eigenvalue weighted by Crippen LogP contribution is -2.44. The Balaban J connectivity index is 3.93. The van der Waals surface area contributed by atoms with Crippen LogP contribution >= 0.6 is 0 Å². The number of nitrogens with zero attached hydrogens (tertiary/aromatic N) is 1. The predicted octanol–water partition coefficient (Wildman–Crippen LogP) is 1.72. The maximum absolute atomic E-state index is 11.7. The summed E-state index contributed by atoms with van der Waals surface area (Å²) in [4.78, 5) is 24.0. The van der Waals surface area contributed by atoms with Crippen molar-refractivity contribution in [1.82, 2.24) is 10.2 Å². The van der Waals surface area contributed by atoms with Crippen LogP contribution < -0.4 is 5.32 Å². The average Bonchev–Trinajstić information content (AvgIpc) is 2.26. The normalized spacial score (nSPS) is 14.5. The first-order valence-electron chi connectivity index (χ1n) is 6.96. The van der Waals surface area contributed by atoms with E-state index >= 15 is 0 Å². The van der Waals surface area contributed by atoms with Crippen LogP contribution in [0.25, 0.3) is 0 Å². The molecule has 0 saturated carbocycles. The van der Waals surface area contributed by atoms with E-state index in [4.69, 9.17) is 5.11 Å². The molecule has 0 bridgehead atoms. The molecule has 0 radical (unpaired) electrons. The molecule has 0 spiro atoms. The van der Waals surface area contributed by atoms with E-state index in [0.717, 1.165) is 19.3 Å². The molecular weight excluding hydrogens is 244 g/mol. The van der Waals surface area contributed by atoms with Gasteiger partial charge in [-0.05, 0) is 33.2 Å². The highest BCUT2D eigenvalue weighted by Gasteiger charge is 2.19. The molecule has 0 aromatic heterocycles. The minimum atomic E-state index is -0.916.